The second-order valence-corrected chi connectivity index (χ2v) is 4.75. The van der Waals surface area contributed by atoms with Gasteiger partial charge in [0.15, 0.2) is 0 Å². The van der Waals surface area contributed by atoms with Crippen LogP contribution in [0, 0.1) is 0 Å². The molecule has 1 heterocycles. The summed E-state index contributed by atoms with van der Waals surface area (Å²) in [4.78, 5) is 22.5. The fraction of sp³-hybridized carbons (Fsp3) is 0.400. The number of amides is 1. The molecule has 0 aliphatic heterocycles. The number of fused-ring (bicyclic) bond motifs is 1. The molecule has 0 saturated carbocycles. The monoisotopic (exact) mass is 273 g/mol. The Bertz CT molecular complexity index is 586. The summed E-state index contributed by atoms with van der Waals surface area (Å²) in [5, 5.41) is 8.72. The summed E-state index contributed by atoms with van der Waals surface area (Å²) in [5.41, 5.74) is 1.88. The molecule has 0 aliphatic carbocycles. The minimum atomic E-state index is -0.118. The predicted octanol–water partition coefficient (Wildman–Crippen LogP) is 1.86. The largest absolute Gasteiger partial charge is 0.396 e. The Morgan fingerprint density at radius 1 is 1.20 bits per heavy atom. The molecule has 1 N–H and O–H groups in total. The topological polar surface area (TPSA) is 66.3 Å². The number of nitrogens with zero attached hydrogens (tertiary/aromatic N) is 3. The van der Waals surface area contributed by atoms with E-state index >= 15 is 0 Å². The van der Waals surface area contributed by atoms with E-state index in [1.807, 2.05) is 24.3 Å². The predicted molar refractivity (Wildman–Crippen MR) is 77.4 cm³/mol. The molecule has 1 aromatic heterocycles. The molecule has 0 unspecified atom stereocenters. The van der Waals surface area contributed by atoms with E-state index in [4.69, 9.17) is 5.11 Å². The number of carbonyl (C=O) groups excluding carboxylic acids is 1. The number of hydrogen-bond donors (Lipinski definition) is 1. The third-order valence-electron chi connectivity index (χ3n) is 3.17. The van der Waals surface area contributed by atoms with E-state index < -0.39 is 0 Å². The van der Waals surface area contributed by atoms with Gasteiger partial charge in [0.25, 0.3) is 5.91 Å². The van der Waals surface area contributed by atoms with Gasteiger partial charge >= 0.3 is 0 Å². The molecule has 2 aromatic rings. The molecule has 0 bridgehead atoms. The molecule has 1 aromatic carbocycles. The molecule has 0 radical (unpaired) electrons. The van der Waals surface area contributed by atoms with Crippen LogP contribution in [-0.2, 0) is 0 Å². The van der Waals surface area contributed by atoms with Gasteiger partial charge < -0.3 is 10.0 Å². The van der Waals surface area contributed by atoms with Crippen LogP contribution in [0.4, 0.5) is 0 Å². The van der Waals surface area contributed by atoms with E-state index in [1.54, 1.807) is 11.9 Å². The SMILES string of the molecule is CN(CCCCCO)C(=O)c1cnc2ccccc2n1. The zero-order valence-electron chi connectivity index (χ0n) is 11.6. The highest BCUT2D eigenvalue weighted by atomic mass is 16.2. The van der Waals surface area contributed by atoms with Crippen molar-refractivity contribution >= 4 is 16.9 Å². The Balaban J connectivity index is 2.02. The lowest BCUT2D eigenvalue weighted by molar-refractivity contribution is 0.0786. The average molecular weight is 273 g/mol. The minimum absolute atomic E-state index is 0.118. The highest BCUT2D eigenvalue weighted by Crippen LogP contribution is 2.10. The molecule has 5 heteroatoms. The van der Waals surface area contributed by atoms with Crippen molar-refractivity contribution in [1.82, 2.24) is 14.9 Å². The molecule has 0 saturated heterocycles. The smallest absolute Gasteiger partial charge is 0.273 e. The average Bonchev–Trinajstić information content (AvgIpc) is 2.50. The third-order valence-corrected chi connectivity index (χ3v) is 3.17. The van der Waals surface area contributed by atoms with Crippen LogP contribution in [0.2, 0.25) is 0 Å². The van der Waals surface area contributed by atoms with Crippen LogP contribution < -0.4 is 0 Å². The first-order valence-electron chi connectivity index (χ1n) is 6.80. The minimum Gasteiger partial charge on any atom is -0.396 e. The van der Waals surface area contributed by atoms with Crippen molar-refractivity contribution in [1.29, 1.82) is 0 Å². The van der Waals surface area contributed by atoms with Crippen molar-refractivity contribution in [2.24, 2.45) is 0 Å². The third kappa shape index (κ3) is 3.51. The lowest BCUT2D eigenvalue weighted by Crippen LogP contribution is -2.28. The highest BCUT2D eigenvalue weighted by Gasteiger charge is 2.13. The first-order chi connectivity index (χ1) is 9.72. The molecule has 0 atom stereocenters. The van der Waals surface area contributed by atoms with Crippen molar-refractivity contribution < 1.29 is 9.90 Å². The Labute approximate surface area is 118 Å². The van der Waals surface area contributed by atoms with Crippen molar-refractivity contribution in [3.63, 3.8) is 0 Å². The van der Waals surface area contributed by atoms with E-state index in [-0.39, 0.29) is 12.5 Å². The summed E-state index contributed by atoms with van der Waals surface area (Å²) in [6, 6.07) is 7.49. The molecular weight excluding hydrogens is 254 g/mol. The molecule has 0 fully saturated rings. The molecule has 0 aliphatic rings. The molecule has 5 nitrogen and oxygen atoms in total. The van der Waals surface area contributed by atoms with Gasteiger partial charge in [-0.25, -0.2) is 4.98 Å². The van der Waals surface area contributed by atoms with E-state index in [0.717, 1.165) is 30.3 Å². The summed E-state index contributed by atoms with van der Waals surface area (Å²) < 4.78 is 0. The number of benzene rings is 1. The molecular formula is C15H19N3O2. The molecule has 2 rings (SSSR count). The normalized spacial score (nSPS) is 10.7. The van der Waals surface area contributed by atoms with Crippen LogP contribution in [0.3, 0.4) is 0 Å². The van der Waals surface area contributed by atoms with E-state index in [0.29, 0.717) is 12.2 Å². The fourth-order valence-corrected chi connectivity index (χ4v) is 1.99. The number of unbranched alkanes of at least 4 members (excludes halogenated alkanes) is 2. The maximum atomic E-state index is 12.2. The summed E-state index contributed by atoms with van der Waals surface area (Å²) in [6.45, 7) is 0.862. The van der Waals surface area contributed by atoms with Crippen LogP contribution in [0.25, 0.3) is 11.0 Å². The quantitative estimate of drug-likeness (QED) is 0.816. The standard InChI is InChI=1S/C15H19N3O2/c1-18(9-5-2-6-10-19)15(20)14-11-16-12-7-3-4-8-13(12)17-14/h3-4,7-8,11,19H,2,5-6,9-10H2,1H3. The van der Waals surface area contributed by atoms with Gasteiger partial charge in [0.1, 0.15) is 5.69 Å². The van der Waals surface area contributed by atoms with Crippen molar-refractivity contribution in [2.75, 3.05) is 20.2 Å². The summed E-state index contributed by atoms with van der Waals surface area (Å²) in [7, 11) is 1.76. The molecule has 20 heavy (non-hydrogen) atoms. The van der Waals surface area contributed by atoms with Gasteiger partial charge in [-0.3, -0.25) is 9.78 Å². The number of aliphatic hydroxyl groups is 1. The lowest BCUT2D eigenvalue weighted by Gasteiger charge is -2.16. The summed E-state index contributed by atoms with van der Waals surface area (Å²) in [5.74, 6) is -0.118. The maximum Gasteiger partial charge on any atom is 0.273 e. The van der Waals surface area contributed by atoms with E-state index in [1.165, 1.54) is 6.20 Å². The first kappa shape index (κ1) is 14.4. The van der Waals surface area contributed by atoms with E-state index in [2.05, 4.69) is 9.97 Å². The zero-order valence-corrected chi connectivity index (χ0v) is 11.6. The van der Waals surface area contributed by atoms with Crippen LogP contribution in [0.5, 0.6) is 0 Å². The van der Waals surface area contributed by atoms with Gasteiger partial charge in [-0.1, -0.05) is 12.1 Å². The van der Waals surface area contributed by atoms with E-state index in [9.17, 15) is 4.79 Å². The Morgan fingerprint density at radius 3 is 2.70 bits per heavy atom. The lowest BCUT2D eigenvalue weighted by atomic mass is 10.2. The van der Waals surface area contributed by atoms with Gasteiger partial charge in [-0.2, -0.15) is 0 Å². The van der Waals surface area contributed by atoms with Crippen molar-refractivity contribution in [2.45, 2.75) is 19.3 Å². The van der Waals surface area contributed by atoms with Crippen molar-refractivity contribution in [3.05, 3.63) is 36.2 Å². The maximum absolute atomic E-state index is 12.2. The second-order valence-electron chi connectivity index (χ2n) is 4.75. The first-order valence-corrected chi connectivity index (χ1v) is 6.80. The van der Waals surface area contributed by atoms with Gasteiger partial charge in [-0.15, -0.1) is 0 Å². The van der Waals surface area contributed by atoms with Gasteiger partial charge in [-0.05, 0) is 31.4 Å². The number of aromatic nitrogens is 2. The second kappa shape index (κ2) is 6.96. The number of rotatable bonds is 6. The van der Waals surface area contributed by atoms with Crippen molar-refractivity contribution in [3.8, 4) is 0 Å². The number of carbonyl (C=O) groups is 1. The Kier molecular flexibility index (Phi) is 5.01. The van der Waals surface area contributed by atoms with Crippen LogP contribution in [-0.4, -0.2) is 46.1 Å². The molecule has 106 valence electrons. The van der Waals surface area contributed by atoms with Gasteiger partial charge in [0.2, 0.25) is 0 Å². The molecule has 1 amide bonds. The highest BCUT2D eigenvalue weighted by molar-refractivity contribution is 5.93. The van der Waals surface area contributed by atoms with Crippen LogP contribution in [0.1, 0.15) is 29.8 Å². The van der Waals surface area contributed by atoms with Crippen LogP contribution in [0.15, 0.2) is 30.5 Å². The fourth-order valence-electron chi connectivity index (χ4n) is 1.99. The zero-order chi connectivity index (χ0) is 14.4. The number of para-hydroxylation sites is 2. The number of aliphatic hydroxyl groups excluding tert-OH is 1. The summed E-state index contributed by atoms with van der Waals surface area (Å²) in [6.07, 6.45) is 4.09. The van der Waals surface area contributed by atoms with Gasteiger partial charge in [0, 0.05) is 20.2 Å². The van der Waals surface area contributed by atoms with Gasteiger partial charge in [0.05, 0.1) is 17.2 Å². The summed E-state index contributed by atoms with van der Waals surface area (Å²) >= 11 is 0. The Hall–Kier alpha value is -2.01. The number of hydrogen-bond acceptors (Lipinski definition) is 4. The Morgan fingerprint density at radius 2 is 1.95 bits per heavy atom. The molecule has 0 spiro atoms. The van der Waals surface area contributed by atoms with Crippen LogP contribution >= 0.6 is 0 Å².